The summed E-state index contributed by atoms with van der Waals surface area (Å²) in [5, 5.41) is 3.36. The molecule has 0 spiro atoms. The Labute approximate surface area is 108 Å². The van der Waals surface area contributed by atoms with Gasteiger partial charge in [0.1, 0.15) is 0 Å². The zero-order valence-electron chi connectivity index (χ0n) is 11.1. The highest BCUT2D eigenvalue weighted by atomic mass is 19.1. The van der Waals surface area contributed by atoms with Crippen LogP contribution in [0.15, 0.2) is 18.2 Å². The van der Waals surface area contributed by atoms with Crippen LogP contribution in [0.4, 0.5) is 4.39 Å². The molecule has 0 aliphatic carbocycles. The Balaban J connectivity index is 1.89. The fraction of sp³-hybridized carbons (Fsp3) is 0.571. The van der Waals surface area contributed by atoms with Gasteiger partial charge < -0.3 is 15.0 Å². The van der Waals surface area contributed by atoms with E-state index in [9.17, 15) is 4.39 Å². The first-order valence-electron chi connectivity index (χ1n) is 6.40. The maximum atomic E-state index is 13.6. The van der Waals surface area contributed by atoms with Crippen LogP contribution in [0.1, 0.15) is 12.0 Å². The Bertz CT molecular complexity index is 391. The quantitative estimate of drug-likeness (QED) is 0.866. The summed E-state index contributed by atoms with van der Waals surface area (Å²) >= 11 is 0. The summed E-state index contributed by atoms with van der Waals surface area (Å²) in [6.45, 7) is 4.05. The van der Waals surface area contributed by atoms with E-state index in [0.717, 1.165) is 37.7 Å². The summed E-state index contributed by atoms with van der Waals surface area (Å²) < 4.78 is 18.5. The number of halogens is 1. The van der Waals surface area contributed by atoms with Crippen LogP contribution in [0.3, 0.4) is 0 Å². The van der Waals surface area contributed by atoms with Crippen LogP contribution >= 0.6 is 0 Å². The molecule has 3 nitrogen and oxygen atoms in total. The lowest BCUT2D eigenvalue weighted by Crippen LogP contribution is -2.26. The van der Waals surface area contributed by atoms with E-state index in [4.69, 9.17) is 4.74 Å². The smallest absolute Gasteiger partial charge is 0.165 e. The third kappa shape index (κ3) is 3.43. The van der Waals surface area contributed by atoms with Gasteiger partial charge in [-0.3, -0.25) is 0 Å². The van der Waals surface area contributed by atoms with Gasteiger partial charge in [0.15, 0.2) is 11.6 Å². The molecule has 1 fully saturated rings. The normalized spacial score (nSPS) is 19.4. The average molecular weight is 252 g/mol. The van der Waals surface area contributed by atoms with Crippen molar-refractivity contribution in [2.45, 2.75) is 13.0 Å². The molecule has 0 amide bonds. The minimum atomic E-state index is -0.286. The van der Waals surface area contributed by atoms with Crippen molar-refractivity contribution >= 4 is 0 Å². The Hall–Kier alpha value is -1.13. The molecule has 100 valence electrons. The molecule has 4 heteroatoms. The predicted molar refractivity (Wildman–Crippen MR) is 70.3 cm³/mol. The molecule has 1 aromatic rings. The van der Waals surface area contributed by atoms with Crippen molar-refractivity contribution in [3.05, 3.63) is 29.6 Å². The lowest BCUT2D eigenvalue weighted by atomic mass is 10.1. The van der Waals surface area contributed by atoms with Gasteiger partial charge in [-0.25, -0.2) is 4.39 Å². The molecule has 18 heavy (non-hydrogen) atoms. The lowest BCUT2D eigenvalue weighted by Gasteiger charge is -2.20. The fourth-order valence-electron chi connectivity index (χ4n) is 2.50. The van der Waals surface area contributed by atoms with E-state index in [2.05, 4.69) is 17.3 Å². The Kier molecular flexibility index (Phi) is 4.55. The van der Waals surface area contributed by atoms with E-state index in [1.807, 2.05) is 6.07 Å². The summed E-state index contributed by atoms with van der Waals surface area (Å²) in [6.07, 6.45) is 1.24. The lowest BCUT2D eigenvalue weighted by molar-refractivity contribution is 0.278. The number of methoxy groups -OCH3 is 1. The molecule has 1 aliphatic rings. The monoisotopic (exact) mass is 252 g/mol. The van der Waals surface area contributed by atoms with Gasteiger partial charge in [-0.05, 0) is 50.2 Å². The summed E-state index contributed by atoms with van der Waals surface area (Å²) in [5.41, 5.74) is 0.988. The zero-order valence-corrected chi connectivity index (χ0v) is 11.1. The standard InChI is InChI=1S/C14H21FN2O/c1-17(10-12-5-6-16-8-12)9-11-3-4-14(18-2)13(15)7-11/h3-4,7,12,16H,5-6,8-10H2,1-2H3. The molecule has 0 bridgehead atoms. The average Bonchev–Trinajstić information content (AvgIpc) is 2.82. The van der Waals surface area contributed by atoms with Crippen molar-refractivity contribution in [2.24, 2.45) is 5.92 Å². The van der Waals surface area contributed by atoms with Crippen LogP contribution in [0, 0.1) is 11.7 Å². The van der Waals surface area contributed by atoms with E-state index in [0.29, 0.717) is 5.75 Å². The third-order valence-electron chi connectivity index (χ3n) is 3.40. The predicted octanol–water partition coefficient (Wildman–Crippen LogP) is 1.88. The van der Waals surface area contributed by atoms with Gasteiger partial charge in [0.2, 0.25) is 0 Å². The van der Waals surface area contributed by atoms with Crippen molar-refractivity contribution in [3.63, 3.8) is 0 Å². The summed E-state index contributed by atoms with van der Waals surface area (Å²) in [5.74, 6) is 0.741. The van der Waals surface area contributed by atoms with Crippen molar-refractivity contribution < 1.29 is 9.13 Å². The number of nitrogens with one attached hydrogen (secondary N) is 1. The molecule has 2 rings (SSSR count). The minimum absolute atomic E-state index is 0.286. The largest absolute Gasteiger partial charge is 0.494 e. The van der Waals surface area contributed by atoms with Crippen LogP contribution in [0.5, 0.6) is 5.75 Å². The Morgan fingerprint density at radius 2 is 2.33 bits per heavy atom. The van der Waals surface area contributed by atoms with E-state index in [1.165, 1.54) is 13.5 Å². The second-order valence-corrected chi connectivity index (χ2v) is 5.02. The van der Waals surface area contributed by atoms with Gasteiger partial charge in [0, 0.05) is 13.1 Å². The fourth-order valence-corrected chi connectivity index (χ4v) is 2.50. The minimum Gasteiger partial charge on any atom is -0.494 e. The van der Waals surface area contributed by atoms with E-state index < -0.39 is 0 Å². The molecule has 1 N–H and O–H groups in total. The maximum Gasteiger partial charge on any atom is 0.165 e. The first-order chi connectivity index (χ1) is 8.69. The van der Waals surface area contributed by atoms with Crippen molar-refractivity contribution in [1.29, 1.82) is 0 Å². The number of ether oxygens (including phenoxy) is 1. The second kappa shape index (κ2) is 6.16. The van der Waals surface area contributed by atoms with Gasteiger partial charge in [-0.2, -0.15) is 0 Å². The molecular formula is C14H21FN2O. The van der Waals surface area contributed by atoms with Gasteiger partial charge >= 0.3 is 0 Å². The second-order valence-electron chi connectivity index (χ2n) is 5.02. The number of hydrogen-bond acceptors (Lipinski definition) is 3. The van der Waals surface area contributed by atoms with Crippen LogP contribution in [0.25, 0.3) is 0 Å². The van der Waals surface area contributed by atoms with Crippen molar-refractivity contribution in [2.75, 3.05) is 33.8 Å². The zero-order chi connectivity index (χ0) is 13.0. The SMILES string of the molecule is COc1ccc(CN(C)CC2CCNC2)cc1F. The van der Waals surface area contributed by atoms with Crippen LogP contribution in [-0.4, -0.2) is 38.7 Å². The molecule has 1 saturated heterocycles. The molecule has 1 unspecified atom stereocenters. The van der Waals surface area contributed by atoms with Gasteiger partial charge in [0.05, 0.1) is 7.11 Å². The van der Waals surface area contributed by atoms with E-state index in [-0.39, 0.29) is 5.82 Å². The summed E-state index contributed by atoms with van der Waals surface area (Å²) in [7, 11) is 3.57. The molecule has 0 saturated carbocycles. The third-order valence-corrected chi connectivity index (χ3v) is 3.40. The van der Waals surface area contributed by atoms with Crippen molar-refractivity contribution in [1.82, 2.24) is 10.2 Å². The summed E-state index contributed by atoms with van der Waals surface area (Å²) in [6, 6.07) is 5.17. The van der Waals surface area contributed by atoms with Gasteiger partial charge in [0.25, 0.3) is 0 Å². The first-order valence-corrected chi connectivity index (χ1v) is 6.40. The number of rotatable bonds is 5. The van der Waals surface area contributed by atoms with E-state index >= 15 is 0 Å². The highest BCUT2D eigenvalue weighted by molar-refractivity contribution is 5.29. The topological polar surface area (TPSA) is 24.5 Å². The Morgan fingerprint density at radius 1 is 1.50 bits per heavy atom. The molecule has 0 radical (unpaired) electrons. The molecule has 1 aliphatic heterocycles. The van der Waals surface area contributed by atoms with Gasteiger partial charge in [-0.1, -0.05) is 6.07 Å². The van der Waals surface area contributed by atoms with Crippen LogP contribution < -0.4 is 10.1 Å². The first kappa shape index (κ1) is 13.3. The van der Waals surface area contributed by atoms with E-state index in [1.54, 1.807) is 12.1 Å². The summed E-state index contributed by atoms with van der Waals surface area (Å²) in [4.78, 5) is 2.25. The molecular weight excluding hydrogens is 231 g/mol. The molecule has 1 atom stereocenters. The maximum absolute atomic E-state index is 13.6. The molecule has 1 heterocycles. The Morgan fingerprint density at radius 3 is 2.94 bits per heavy atom. The number of nitrogens with zero attached hydrogens (tertiary/aromatic N) is 1. The number of hydrogen-bond donors (Lipinski definition) is 1. The number of benzene rings is 1. The van der Waals surface area contributed by atoms with Crippen molar-refractivity contribution in [3.8, 4) is 5.75 Å². The van der Waals surface area contributed by atoms with Crippen LogP contribution in [0.2, 0.25) is 0 Å². The molecule has 1 aromatic carbocycles. The van der Waals surface area contributed by atoms with Gasteiger partial charge in [-0.15, -0.1) is 0 Å². The van der Waals surface area contributed by atoms with Crippen LogP contribution in [-0.2, 0) is 6.54 Å². The molecule has 0 aromatic heterocycles. The highest BCUT2D eigenvalue weighted by Gasteiger charge is 2.16. The highest BCUT2D eigenvalue weighted by Crippen LogP contribution is 2.19.